The summed E-state index contributed by atoms with van der Waals surface area (Å²) in [7, 11) is 0. The lowest BCUT2D eigenvalue weighted by Crippen LogP contribution is -2.13. The van der Waals surface area contributed by atoms with E-state index in [1.165, 1.54) is 12.1 Å². The summed E-state index contributed by atoms with van der Waals surface area (Å²) in [5, 5.41) is 13.1. The van der Waals surface area contributed by atoms with Gasteiger partial charge in [-0.15, -0.1) is 10.2 Å². The molecule has 1 atom stereocenters. The van der Waals surface area contributed by atoms with Crippen LogP contribution in [0.1, 0.15) is 17.4 Å². The molecule has 5 nitrogen and oxygen atoms in total. The summed E-state index contributed by atoms with van der Waals surface area (Å²) in [4.78, 5) is 0. The topological polar surface area (TPSA) is 80.5 Å². The van der Waals surface area contributed by atoms with E-state index in [2.05, 4.69) is 20.6 Å². The van der Waals surface area contributed by atoms with E-state index in [4.69, 9.17) is 5.73 Å². The molecule has 72 valence electrons. The lowest BCUT2D eigenvalue weighted by Gasteiger charge is -2.06. The zero-order chi connectivity index (χ0) is 9.97. The van der Waals surface area contributed by atoms with Crippen LogP contribution in [0, 0.1) is 5.82 Å². The summed E-state index contributed by atoms with van der Waals surface area (Å²) < 4.78 is 12.8. The number of hydrogen-bond acceptors (Lipinski definition) is 4. The van der Waals surface area contributed by atoms with Crippen LogP contribution < -0.4 is 5.73 Å². The van der Waals surface area contributed by atoms with Gasteiger partial charge in [-0.2, -0.15) is 5.21 Å². The molecule has 0 saturated carbocycles. The van der Waals surface area contributed by atoms with Gasteiger partial charge in [0.05, 0.1) is 6.04 Å². The highest BCUT2D eigenvalue weighted by molar-refractivity contribution is 5.24. The fourth-order valence-electron chi connectivity index (χ4n) is 1.15. The summed E-state index contributed by atoms with van der Waals surface area (Å²) in [6.07, 6.45) is 0. The molecule has 0 aliphatic rings. The highest BCUT2D eigenvalue weighted by atomic mass is 19.1. The second-order valence-electron chi connectivity index (χ2n) is 2.80. The van der Waals surface area contributed by atoms with Crippen molar-refractivity contribution in [3.05, 3.63) is 41.5 Å². The van der Waals surface area contributed by atoms with Crippen LogP contribution in [0.4, 0.5) is 4.39 Å². The number of nitrogens with zero attached hydrogens (tertiary/aromatic N) is 3. The largest absolute Gasteiger partial charge is 0.318 e. The van der Waals surface area contributed by atoms with E-state index in [0.717, 1.165) is 0 Å². The molecular formula is C8H8FN5. The van der Waals surface area contributed by atoms with Crippen LogP contribution in [0.25, 0.3) is 0 Å². The van der Waals surface area contributed by atoms with Gasteiger partial charge >= 0.3 is 0 Å². The maximum absolute atomic E-state index is 12.8. The van der Waals surface area contributed by atoms with E-state index in [0.29, 0.717) is 11.4 Å². The predicted octanol–water partition coefficient (Wildman–Crippen LogP) is 0.387. The first-order valence-corrected chi connectivity index (χ1v) is 4.02. The van der Waals surface area contributed by atoms with Crippen molar-refractivity contribution in [1.29, 1.82) is 0 Å². The van der Waals surface area contributed by atoms with E-state index >= 15 is 0 Å². The van der Waals surface area contributed by atoms with Gasteiger partial charge in [0.25, 0.3) is 0 Å². The van der Waals surface area contributed by atoms with Crippen molar-refractivity contribution in [3.8, 4) is 0 Å². The Balaban J connectivity index is 2.32. The average molecular weight is 193 g/mol. The average Bonchev–Trinajstić information content (AvgIpc) is 2.69. The van der Waals surface area contributed by atoms with E-state index in [1.54, 1.807) is 12.1 Å². The van der Waals surface area contributed by atoms with Crippen molar-refractivity contribution in [2.75, 3.05) is 0 Å². The number of tetrazole rings is 1. The number of aromatic amines is 1. The first-order valence-electron chi connectivity index (χ1n) is 4.02. The monoisotopic (exact) mass is 193 g/mol. The lowest BCUT2D eigenvalue weighted by atomic mass is 10.1. The molecule has 3 N–H and O–H groups in total. The van der Waals surface area contributed by atoms with Gasteiger partial charge in [-0.1, -0.05) is 17.3 Å². The number of rotatable bonds is 2. The Morgan fingerprint density at radius 1 is 1.43 bits per heavy atom. The molecule has 1 aromatic carbocycles. The molecular weight excluding hydrogens is 185 g/mol. The number of halogens is 1. The Hall–Kier alpha value is -1.82. The minimum absolute atomic E-state index is 0.332. The highest BCUT2D eigenvalue weighted by Crippen LogP contribution is 2.15. The van der Waals surface area contributed by atoms with Crippen molar-refractivity contribution in [2.24, 2.45) is 5.73 Å². The van der Waals surface area contributed by atoms with E-state index in [9.17, 15) is 4.39 Å². The van der Waals surface area contributed by atoms with Crippen molar-refractivity contribution in [1.82, 2.24) is 20.6 Å². The van der Waals surface area contributed by atoms with Gasteiger partial charge in [-0.25, -0.2) is 4.39 Å². The van der Waals surface area contributed by atoms with E-state index in [-0.39, 0.29) is 5.82 Å². The Morgan fingerprint density at radius 2 is 2.29 bits per heavy atom. The molecule has 0 aliphatic carbocycles. The molecule has 6 heteroatoms. The van der Waals surface area contributed by atoms with Gasteiger partial charge in [0.2, 0.25) is 0 Å². The Bertz CT molecular complexity index is 413. The van der Waals surface area contributed by atoms with Crippen molar-refractivity contribution >= 4 is 0 Å². The fraction of sp³-hybridized carbons (Fsp3) is 0.125. The smallest absolute Gasteiger partial charge is 0.195 e. The third kappa shape index (κ3) is 1.60. The Kier molecular flexibility index (Phi) is 2.19. The number of H-pyrrole nitrogens is 1. The standard InChI is InChI=1S/C8H8FN5/c9-6-3-1-2-5(4-6)7(10)8-11-13-14-12-8/h1-4,7H,10H2,(H,11,12,13,14)/t7-/m0/s1. The third-order valence-electron chi connectivity index (χ3n) is 1.85. The van der Waals surface area contributed by atoms with Gasteiger partial charge in [-0.3, -0.25) is 0 Å². The summed E-state index contributed by atoms with van der Waals surface area (Å²) in [6.45, 7) is 0. The zero-order valence-electron chi connectivity index (χ0n) is 7.18. The summed E-state index contributed by atoms with van der Waals surface area (Å²) in [5.74, 6) is 0.0112. The Morgan fingerprint density at radius 3 is 2.93 bits per heavy atom. The number of aromatic nitrogens is 4. The predicted molar refractivity (Wildman–Crippen MR) is 46.6 cm³/mol. The molecule has 0 saturated heterocycles. The molecule has 0 spiro atoms. The molecule has 2 rings (SSSR count). The fourth-order valence-corrected chi connectivity index (χ4v) is 1.15. The summed E-state index contributed by atoms with van der Waals surface area (Å²) in [6, 6.07) is 5.45. The number of hydrogen-bond donors (Lipinski definition) is 2. The van der Waals surface area contributed by atoms with Gasteiger partial charge in [0, 0.05) is 0 Å². The van der Waals surface area contributed by atoms with Gasteiger partial charge in [0.15, 0.2) is 5.82 Å². The molecule has 0 amide bonds. The maximum Gasteiger partial charge on any atom is 0.195 e. The minimum atomic E-state index is -0.551. The second-order valence-corrected chi connectivity index (χ2v) is 2.80. The van der Waals surface area contributed by atoms with Crippen molar-refractivity contribution in [2.45, 2.75) is 6.04 Å². The highest BCUT2D eigenvalue weighted by Gasteiger charge is 2.13. The van der Waals surface area contributed by atoms with Gasteiger partial charge < -0.3 is 5.73 Å². The third-order valence-corrected chi connectivity index (χ3v) is 1.85. The summed E-state index contributed by atoms with van der Waals surface area (Å²) in [5.41, 5.74) is 6.40. The zero-order valence-corrected chi connectivity index (χ0v) is 7.18. The van der Waals surface area contributed by atoms with Gasteiger partial charge in [0.1, 0.15) is 5.82 Å². The van der Waals surface area contributed by atoms with Crippen molar-refractivity contribution in [3.63, 3.8) is 0 Å². The molecule has 0 bridgehead atoms. The van der Waals surface area contributed by atoms with Crippen LogP contribution >= 0.6 is 0 Å². The van der Waals surface area contributed by atoms with Crippen LogP contribution in [-0.2, 0) is 0 Å². The number of nitrogens with one attached hydrogen (secondary N) is 1. The number of benzene rings is 1. The molecule has 1 heterocycles. The molecule has 0 aliphatic heterocycles. The van der Waals surface area contributed by atoms with E-state index < -0.39 is 6.04 Å². The van der Waals surface area contributed by atoms with Crippen LogP contribution in [0.15, 0.2) is 24.3 Å². The van der Waals surface area contributed by atoms with Crippen LogP contribution in [0.5, 0.6) is 0 Å². The molecule has 0 fully saturated rings. The molecule has 1 aromatic heterocycles. The maximum atomic E-state index is 12.8. The van der Waals surface area contributed by atoms with E-state index in [1.807, 2.05) is 0 Å². The molecule has 0 radical (unpaired) electrons. The normalized spacial score (nSPS) is 12.7. The van der Waals surface area contributed by atoms with Gasteiger partial charge in [-0.05, 0) is 17.7 Å². The number of nitrogens with two attached hydrogens (primary N) is 1. The summed E-state index contributed by atoms with van der Waals surface area (Å²) >= 11 is 0. The van der Waals surface area contributed by atoms with Crippen LogP contribution in [-0.4, -0.2) is 20.6 Å². The van der Waals surface area contributed by atoms with Crippen molar-refractivity contribution < 1.29 is 4.39 Å². The molecule has 0 unspecified atom stereocenters. The van der Waals surface area contributed by atoms with Crippen LogP contribution in [0.3, 0.4) is 0 Å². The first-order chi connectivity index (χ1) is 6.77. The SMILES string of the molecule is N[C@@H](c1cccc(F)c1)c1nn[nH]n1. The quantitative estimate of drug-likeness (QED) is 0.722. The molecule has 14 heavy (non-hydrogen) atoms. The second kappa shape index (κ2) is 3.51. The molecule has 2 aromatic rings. The lowest BCUT2D eigenvalue weighted by molar-refractivity contribution is 0.622. The Labute approximate surface area is 79.1 Å². The van der Waals surface area contributed by atoms with Crippen LogP contribution in [0.2, 0.25) is 0 Å². The first kappa shape index (κ1) is 8.76. The minimum Gasteiger partial charge on any atom is -0.318 e.